The average molecular weight is 398 g/mol. The van der Waals surface area contributed by atoms with Crippen LogP contribution in [0.1, 0.15) is 21.8 Å². The maximum atomic E-state index is 12.1. The highest BCUT2D eigenvalue weighted by Crippen LogP contribution is 2.33. The lowest BCUT2D eigenvalue weighted by Crippen LogP contribution is -2.11. The summed E-state index contributed by atoms with van der Waals surface area (Å²) >= 11 is 12.9. The molecule has 0 radical (unpaired) electrons. The van der Waals surface area contributed by atoms with Crippen LogP contribution in [0.3, 0.4) is 0 Å². The lowest BCUT2D eigenvalue weighted by atomic mass is 10.1. The molecular weight excluding hydrogens is 389 g/mol. The van der Waals surface area contributed by atoms with Gasteiger partial charge in [0, 0.05) is 0 Å². The number of hydrogen-bond donors (Lipinski definition) is 1. The van der Waals surface area contributed by atoms with E-state index < -0.39 is 5.91 Å². The summed E-state index contributed by atoms with van der Waals surface area (Å²) in [6.45, 7) is 0.213. The zero-order chi connectivity index (χ0) is 17.4. The van der Waals surface area contributed by atoms with Gasteiger partial charge in [0.1, 0.15) is 4.34 Å². The number of halogens is 2. The summed E-state index contributed by atoms with van der Waals surface area (Å²) in [5.41, 5.74) is 1.17. The van der Waals surface area contributed by atoms with Crippen LogP contribution >= 0.6 is 34.5 Å². The predicted octanol–water partition coefficient (Wildman–Crippen LogP) is 4.01. The number of fused-ring (bicyclic) bond motifs is 1. The van der Waals surface area contributed by atoms with Crippen LogP contribution in [0.2, 0.25) is 8.67 Å². The van der Waals surface area contributed by atoms with Crippen molar-refractivity contribution < 1.29 is 18.7 Å². The summed E-state index contributed by atoms with van der Waals surface area (Å²) in [5.74, 6) is 1.26. The SMILES string of the molecule is O=C(Nc1nnc(Cc2ccc3c(c2)OCO3)o1)c1cc(Cl)sc1Cl. The van der Waals surface area contributed by atoms with Crippen LogP contribution in [0, 0.1) is 0 Å². The summed E-state index contributed by atoms with van der Waals surface area (Å²) in [5, 5.41) is 10.2. The van der Waals surface area contributed by atoms with E-state index in [1.54, 1.807) is 0 Å². The Kier molecular flexibility index (Phi) is 4.24. The minimum Gasteiger partial charge on any atom is -0.454 e. The van der Waals surface area contributed by atoms with E-state index in [2.05, 4.69) is 15.5 Å². The monoisotopic (exact) mass is 397 g/mol. The number of ether oxygens (including phenoxy) is 2. The maximum absolute atomic E-state index is 12.1. The molecule has 1 N–H and O–H groups in total. The summed E-state index contributed by atoms with van der Waals surface area (Å²) in [6, 6.07) is 7.01. The van der Waals surface area contributed by atoms with Gasteiger partial charge in [-0.1, -0.05) is 34.4 Å². The number of benzene rings is 1. The Hall–Kier alpha value is -2.29. The summed E-state index contributed by atoms with van der Waals surface area (Å²) in [6.07, 6.45) is 0.393. The molecule has 0 saturated heterocycles. The van der Waals surface area contributed by atoms with Gasteiger partial charge in [-0.05, 0) is 23.8 Å². The van der Waals surface area contributed by atoms with E-state index in [0.717, 1.165) is 16.9 Å². The molecule has 1 aliphatic rings. The van der Waals surface area contributed by atoms with E-state index in [1.165, 1.54) is 6.07 Å². The first-order valence-electron chi connectivity index (χ1n) is 7.05. The molecule has 7 nitrogen and oxygen atoms in total. The molecule has 0 fully saturated rings. The van der Waals surface area contributed by atoms with Gasteiger partial charge in [-0.3, -0.25) is 10.1 Å². The molecule has 1 aliphatic heterocycles. The molecule has 2 aromatic heterocycles. The largest absolute Gasteiger partial charge is 0.454 e. The lowest BCUT2D eigenvalue weighted by Gasteiger charge is -2.00. The molecule has 25 heavy (non-hydrogen) atoms. The fourth-order valence-corrected chi connectivity index (χ4v) is 3.72. The van der Waals surface area contributed by atoms with Crippen molar-refractivity contribution in [2.24, 2.45) is 0 Å². The summed E-state index contributed by atoms with van der Waals surface area (Å²) in [4.78, 5) is 12.1. The van der Waals surface area contributed by atoms with E-state index in [0.29, 0.717) is 32.5 Å². The van der Waals surface area contributed by atoms with Gasteiger partial charge in [-0.25, -0.2) is 0 Å². The van der Waals surface area contributed by atoms with Crippen LogP contribution in [0.15, 0.2) is 28.7 Å². The van der Waals surface area contributed by atoms with Crippen molar-refractivity contribution in [3.05, 3.63) is 50.0 Å². The topological polar surface area (TPSA) is 86.5 Å². The Morgan fingerprint density at radius 1 is 1.20 bits per heavy atom. The van der Waals surface area contributed by atoms with Gasteiger partial charge in [0.25, 0.3) is 5.91 Å². The van der Waals surface area contributed by atoms with Crippen LogP contribution in [-0.4, -0.2) is 22.9 Å². The third-order valence-corrected chi connectivity index (χ3v) is 4.87. The second kappa shape index (κ2) is 6.55. The minimum absolute atomic E-state index is 0.0147. The number of carbonyl (C=O) groups is 1. The van der Waals surface area contributed by atoms with Crippen molar-refractivity contribution in [1.29, 1.82) is 0 Å². The van der Waals surface area contributed by atoms with Gasteiger partial charge < -0.3 is 13.9 Å². The molecule has 3 aromatic rings. The first-order chi connectivity index (χ1) is 12.1. The molecular formula is C15H9Cl2N3O4S. The maximum Gasteiger partial charge on any atom is 0.322 e. The second-order valence-electron chi connectivity index (χ2n) is 5.06. The number of nitrogens with one attached hydrogen (secondary N) is 1. The molecule has 1 aromatic carbocycles. The number of amides is 1. The number of nitrogens with zero attached hydrogens (tertiary/aromatic N) is 2. The number of rotatable bonds is 4. The van der Waals surface area contributed by atoms with Crippen LogP contribution in [0.25, 0.3) is 0 Å². The fraction of sp³-hybridized carbons (Fsp3) is 0.133. The first-order valence-corrected chi connectivity index (χ1v) is 8.63. The molecule has 0 spiro atoms. The second-order valence-corrected chi connectivity index (χ2v) is 7.34. The summed E-state index contributed by atoms with van der Waals surface area (Å²) in [7, 11) is 0. The Bertz CT molecular complexity index is 956. The highest BCUT2D eigenvalue weighted by atomic mass is 35.5. The normalized spacial score (nSPS) is 12.4. The molecule has 0 atom stereocenters. The predicted molar refractivity (Wildman–Crippen MR) is 92.0 cm³/mol. The molecule has 0 aliphatic carbocycles. The zero-order valence-corrected chi connectivity index (χ0v) is 14.7. The Labute approximate surface area is 155 Å². The van der Waals surface area contributed by atoms with Crippen molar-refractivity contribution in [2.45, 2.75) is 6.42 Å². The highest BCUT2D eigenvalue weighted by molar-refractivity contribution is 7.20. The Balaban J connectivity index is 1.45. The van der Waals surface area contributed by atoms with Gasteiger partial charge in [-0.15, -0.1) is 16.4 Å². The van der Waals surface area contributed by atoms with E-state index in [-0.39, 0.29) is 18.4 Å². The lowest BCUT2D eigenvalue weighted by molar-refractivity contribution is 0.102. The molecule has 0 unspecified atom stereocenters. The van der Waals surface area contributed by atoms with E-state index in [9.17, 15) is 4.79 Å². The van der Waals surface area contributed by atoms with Gasteiger partial charge >= 0.3 is 6.01 Å². The third kappa shape index (κ3) is 3.41. The molecule has 0 bridgehead atoms. The van der Waals surface area contributed by atoms with Gasteiger partial charge in [-0.2, -0.15) is 0 Å². The van der Waals surface area contributed by atoms with Crippen molar-refractivity contribution in [3.63, 3.8) is 0 Å². The summed E-state index contributed by atoms with van der Waals surface area (Å²) < 4.78 is 16.8. The number of aromatic nitrogens is 2. The third-order valence-electron chi connectivity index (χ3n) is 3.38. The van der Waals surface area contributed by atoms with Gasteiger partial charge in [0.2, 0.25) is 12.7 Å². The van der Waals surface area contributed by atoms with E-state index in [4.69, 9.17) is 37.1 Å². The standard InChI is InChI=1S/C15H9Cl2N3O4S/c16-11-5-8(13(17)25-11)14(21)18-15-20-19-12(24-15)4-7-1-2-9-10(3-7)23-6-22-9/h1-3,5H,4,6H2,(H,18,20,21). The van der Waals surface area contributed by atoms with E-state index in [1.807, 2.05) is 18.2 Å². The van der Waals surface area contributed by atoms with Gasteiger partial charge in [0.15, 0.2) is 11.5 Å². The van der Waals surface area contributed by atoms with Crippen molar-refractivity contribution in [1.82, 2.24) is 10.2 Å². The van der Waals surface area contributed by atoms with Crippen LogP contribution < -0.4 is 14.8 Å². The van der Waals surface area contributed by atoms with Crippen molar-refractivity contribution in [2.75, 3.05) is 12.1 Å². The highest BCUT2D eigenvalue weighted by Gasteiger charge is 2.18. The molecule has 0 saturated carbocycles. The van der Waals surface area contributed by atoms with Crippen LogP contribution in [0.5, 0.6) is 11.5 Å². The van der Waals surface area contributed by atoms with Gasteiger partial charge in [0.05, 0.1) is 16.3 Å². The van der Waals surface area contributed by atoms with E-state index >= 15 is 0 Å². The number of carbonyl (C=O) groups excluding carboxylic acids is 1. The quantitative estimate of drug-likeness (QED) is 0.715. The smallest absolute Gasteiger partial charge is 0.322 e. The molecule has 10 heteroatoms. The Morgan fingerprint density at radius 2 is 2.04 bits per heavy atom. The van der Waals surface area contributed by atoms with Crippen LogP contribution in [-0.2, 0) is 6.42 Å². The minimum atomic E-state index is -0.466. The average Bonchev–Trinajstić information content (AvgIpc) is 3.27. The number of anilines is 1. The first kappa shape index (κ1) is 16.2. The Morgan fingerprint density at radius 3 is 2.84 bits per heavy atom. The number of hydrogen-bond acceptors (Lipinski definition) is 7. The van der Waals surface area contributed by atoms with Crippen molar-refractivity contribution >= 4 is 46.5 Å². The fourth-order valence-electron chi connectivity index (χ4n) is 2.26. The van der Waals surface area contributed by atoms with Crippen LogP contribution in [0.4, 0.5) is 6.01 Å². The molecule has 4 rings (SSSR count). The zero-order valence-electron chi connectivity index (χ0n) is 12.4. The molecule has 3 heterocycles. The number of thiophene rings is 1. The molecule has 1 amide bonds. The van der Waals surface area contributed by atoms with Crippen molar-refractivity contribution in [3.8, 4) is 11.5 Å². The molecule has 128 valence electrons.